The van der Waals surface area contributed by atoms with Crippen LogP contribution in [0.5, 0.6) is 0 Å². The van der Waals surface area contributed by atoms with E-state index in [9.17, 15) is 14.4 Å². The van der Waals surface area contributed by atoms with Gasteiger partial charge in [0.05, 0.1) is 6.54 Å². The Bertz CT molecular complexity index is 441. The fourth-order valence-electron chi connectivity index (χ4n) is 3.31. The maximum Gasteiger partial charge on any atom is 0.320 e. The van der Waals surface area contributed by atoms with Crippen LogP contribution in [0.15, 0.2) is 0 Å². The standard InChI is InChI=1S/C16H27N3O4/c20-14(12-19-10-4-6-13(19)16(22)23)17-8-5-11-18-9-3-1-2-7-15(18)21/h13H,1-12H2,(H,17,20)(H,22,23)/t13-/m0/s1. The summed E-state index contributed by atoms with van der Waals surface area (Å²) in [5.74, 6) is -0.773. The molecule has 2 aliphatic rings. The summed E-state index contributed by atoms with van der Waals surface area (Å²) in [5, 5.41) is 11.9. The topological polar surface area (TPSA) is 89.9 Å². The number of nitrogens with one attached hydrogen (secondary N) is 1. The summed E-state index contributed by atoms with van der Waals surface area (Å²) in [7, 11) is 0. The number of carbonyl (C=O) groups is 3. The Morgan fingerprint density at radius 1 is 1.17 bits per heavy atom. The molecule has 0 aromatic carbocycles. The Morgan fingerprint density at radius 2 is 2.00 bits per heavy atom. The number of carboxylic acids is 1. The Kier molecular flexibility index (Phi) is 6.83. The van der Waals surface area contributed by atoms with Gasteiger partial charge in [0.15, 0.2) is 0 Å². The van der Waals surface area contributed by atoms with Crippen molar-refractivity contribution in [3.63, 3.8) is 0 Å². The first-order valence-corrected chi connectivity index (χ1v) is 8.59. The molecule has 0 unspecified atom stereocenters. The molecule has 2 N–H and O–H groups in total. The molecule has 2 saturated heterocycles. The van der Waals surface area contributed by atoms with E-state index >= 15 is 0 Å². The molecule has 0 aromatic rings. The van der Waals surface area contributed by atoms with Gasteiger partial charge in [0.2, 0.25) is 11.8 Å². The molecular weight excluding hydrogens is 298 g/mol. The normalized spacial score (nSPS) is 22.9. The zero-order valence-electron chi connectivity index (χ0n) is 13.6. The van der Waals surface area contributed by atoms with E-state index in [1.54, 1.807) is 4.90 Å². The molecule has 130 valence electrons. The number of aliphatic carboxylic acids is 1. The van der Waals surface area contributed by atoms with Crippen LogP contribution in [-0.2, 0) is 14.4 Å². The van der Waals surface area contributed by atoms with Crippen molar-refractivity contribution in [2.45, 2.75) is 51.0 Å². The van der Waals surface area contributed by atoms with Crippen LogP contribution in [-0.4, -0.2) is 71.5 Å². The van der Waals surface area contributed by atoms with E-state index in [2.05, 4.69) is 5.32 Å². The highest BCUT2D eigenvalue weighted by molar-refractivity contribution is 5.80. The van der Waals surface area contributed by atoms with E-state index in [0.717, 1.165) is 38.6 Å². The van der Waals surface area contributed by atoms with Gasteiger partial charge >= 0.3 is 5.97 Å². The predicted molar refractivity (Wildman–Crippen MR) is 84.9 cm³/mol. The maximum absolute atomic E-state index is 11.9. The van der Waals surface area contributed by atoms with E-state index in [1.165, 1.54) is 0 Å². The smallest absolute Gasteiger partial charge is 0.320 e. The Morgan fingerprint density at radius 3 is 2.78 bits per heavy atom. The molecule has 0 radical (unpaired) electrons. The summed E-state index contributed by atoms with van der Waals surface area (Å²) >= 11 is 0. The Labute approximate surface area is 137 Å². The van der Waals surface area contributed by atoms with E-state index in [-0.39, 0.29) is 18.4 Å². The molecule has 0 aromatic heterocycles. The van der Waals surface area contributed by atoms with Gasteiger partial charge in [0, 0.05) is 26.1 Å². The van der Waals surface area contributed by atoms with Crippen molar-refractivity contribution in [1.82, 2.24) is 15.1 Å². The van der Waals surface area contributed by atoms with Gasteiger partial charge in [-0.05, 0) is 38.6 Å². The largest absolute Gasteiger partial charge is 0.480 e. The molecule has 7 nitrogen and oxygen atoms in total. The molecule has 0 spiro atoms. The van der Waals surface area contributed by atoms with Crippen molar-refractivity contribution in [2.24, 2.45) is 0 Å². The number of amides is 2. The first kappa shape index (κ1) is 17.7. The van der Waals surface area contributed by atoms with Crippen LogP contribution in [0, 0.1) is 0 Å². The molecule has 0 aliphatic carbocycles. The van der Waals surface area contributed by atoms with E-state index in [1.807, 2.05) is 4.90 Å². The predicted octanol–water partition coefficient (Wildman–Crippen LogP) is 0.444. The monoisotopic (exact) mass is 325 g/mol. The zero-order valence-corrected chi connectivity index (χ0v) is 13.6. The van der Waals surface area contributed by atoms with Gasteiger partial charge in [-0.3, -0.25) is 19.3 Å². The highest BCUT2D eigenvalue weighted by Gasteiger charge is 2.31. The van der Waals surface area contributed by atoms with E-state index in [0.29, 0.717) is 32.5 Å². The highest BCUT2D eigenvalue weighted by atomic mass is 16.4. The number of carbonyl (C=O) groups excluding carboxylic acids is 2. The molecule has 1 atom stereocenters. The molecule has 7 heteroatoms. The second-order valence-corrected chi connectivity index (χ2v) is 6.36. The van der Waals surface area contributed by atoms with Crippen LogP contribution in [0.3, 0.4) is 0 Å². The van der Waals surface area contributed by atoms with Gasteiger partial charge in [-0.15, -0.1) is 0 Å². The van der Waals surface area contributed by atoms with Crippen molar-refractivity contribution in [3.05, 3.63) is 0 Å². The number of likely N-dealkylation sites (tertiary alicyclic amines) is 2. The summed E-state index contributed by atoms with van der Waals surface area (Å²) in [4.78, 5) is 38.4. The summed E-state index contributed by atoms with van der Waals surface area (Å²) in [5.41, 5.74) is 0. The number of nitrogens with zero attached hydrogens (tertiary/aromatic N) is 2. The lowest BCUT2D eigenvalue weighted by Crippen LogP contribution is -2.43. The van der Waals surface area contributed by atoms with Crippen LogP contribution >= 0.6 is 0 Å². The van der Waals surface area contributed by atoms with Crippen LogP contribution in [0.4, 0.5) is 0 Å². The molecule has 0 bridgehead atoms. The van der Waals surface area contributed by atoms with Gasteiger partial charge in [-0.1, -0.05) is 6.42 Å². The number of hydrogen-bond donors (Lipinski definition) is 2. The Balaban J connectivity index is 1.63. The molecule has 0 saturated carbocycles. The van der Waals surface area contributed by atoms with Gasteiger partial charge in [0.1, 0.15) is 6.04 Å². The number of rotatable bonds is 7. The second kappa shape index (κ2) is 8.86. The lowest BCUT2D eigenvalue weighted by atomic mass is 10.2. The lowest BCUT2D eigenvalue weighted by molar-refractivity contribution is -0.142. The highest BCUT2D eigenvalue weighted by Crippen LogP contribution is 2.16. The molecule has 2 fully saturated rings. The first-order valence-electron chi connectivity index (χ1n) is 8.59. The Hall–Kier alpha value is -1.63. The van der Waals surface area contributed by atoms with Gasteiger partial charge < -0.3 is 15.3 Å². The molecule has 2 aliphatic heterocycles. The second-order valence-electron chi connectivity index (χ2n) is 6.36. The summed E-state index contributed by atoms with van der Waals surface area (Å²) in [6, 6.07) is -0.532. The van der Waals surface area contributed by atoms with Gasteiger partial charge in [-0.25, -0.2) is 0 Å². The third-order valence-corrected chi connectivity index (χ3v) is 4.59. The average molecular weight is 325 g/mol. The summed E-state index contributed by atoms with van der Waals surface area (Å²) in [6.07, 6.45) is 5.95. The van der Waals surface area contributed by atoms with Crippen molar-refractivity contribution in [2.75, 3.05) is 32.7 Å². The van der Waals surface area contributed by atoms with Crippen LogP contribution < -0.4 is 5.32 Å². The zero-order chi connectivity index (χ0) is 16.7. The fraction of sp³-hybridized carbons (Fsp3) is 0.812. The average Bonchev–Trinajstić information content (AvgIpc) is 2.87. The van der Waals surface area contributed by atoms with Gasteiger partial charge in [-0.2, -0.15) is 0 Å². The third-order valence-electron chi connectivity index (χ3n) is 4.59. The summed E-state index contributed by atoms with van der Waals surface area (Å²) < 4.78 is 0. The van der Waals surface area contributed by atoms with Gasteiger partial charge in [0.25, 0.3) is 0 Å². The minimum Gasteiger partial charge on any atom is -0.480 e. The maximum atomic E-state index is 11.9. The molecule has 23 heavy (non-hydrogen) atoms. The minimum atomic E-state index is -0.852. The van der Waals surface area contributed by atoms with Crippen molar-refractivity contribution in [1.29, 1.82) is 0 Å². The lowest BCUT2D eigenvalue weighted by Gasteiger charge is -2.21. The van der Waals surface area contributed by atoms with Crippen molar-refractivity contribution < 1.29 is 19.5 Å². The molecule has 2 heterocycles. The number of carboxylic acid groups (broad SMARTS) is 1. The third kappa shape index (κ3) is 5.49. The van der Waals surface area contributed by atoms with E-state index < -0.39 is 12.0 Å². The summed E-state index contributed by atoms with van der Waals surface area (Å²) in [6.45, 7) is 2.82. The van der Waals surface area contributed by atoms with Crippen LogP contribution in [0.25, 0.3) is 0 Å². The van der Waals surface area contributed by atoms with Crippen molar-refractivity contribution in [3.8, 4) is 0 Å². The molecular formula is C16H27N3O4. The molecule has 2 rings (SSSR count). The SMILES string of the molecule is O=C(CN1CCC[C@H]1C(=O)O)NCCCN1CCCCCC1=O. The van der Waals surface area contributed by atoms with Crippen molar-refractivity contribution >= 4 is 17.8 Å². The van der Waals surface area contributed by atoms with Crippen LogP contribution in [0.1, 0.15) is 44.9 Å². The van der Waals surface area contributed by atoms with E-state index in [4.69, 9.17) is 5.11 Å². The first-order chi connectivity index (χ1) is 11.1. The fourth-order valence-corrected chi connectivity index (χ4v) is 3.31. The van der Waals surface area contributed by atoms with Crippen LogP contribution in [0.2, 0.25) is 0 Å². The quantitative estimate of drug-likeness (QED) is 0.663. The minimum absolute atomic E-state index is 0.139. The molecule has 2 amide bonds. The number of hydrogen-bond acceptors (Lipinski definition) is 4.